The van der Waals surface area contributed by atoms with Crippen molar-refractivity contribution < 1.29 is 9.90 Å². The molecule has 0 fully saturated rings. The quantitative estimate of drug-likeness (QED) is 0.534. The van der Waals surface area contributed by atoms with Crippen molar-refractivity contribution in [3.05, 3.63) is 0 Å². The van der Waals surface area contributed by atoms with E-state index < -0.39 is 5.97 Å². The summed E-state index contributed by atoms with van der Waals surface area (Å²) < 4.78 is 0. The number of rotatable bonds is 8. The van der Waals surface area contributed by atoms with Gasteiger partial charge in [0.2, 0.25) is 0 Å². The van der Waals surface area contributed by atoms with Gasteiger partial charge in [0.25, 0.3) is 0 Å². The van der Waals surface area contributed by atoms with Crippen molar-refractivity contribution in [1.82, 2.24) is 0 Å². The fourth-order valence-electron chi connectivity index (χ4n) is 1.35. The Morgan fingerprint density at radius 3 is 2.08 bits per heavy atom. The summed E-state index contributed by atoms with van der Waals surface area (Å²) in [4.78, 5) is 10.1. The van der Waals surface area contributed by atoms with Crippen LogP contribution in [0, 0.1) is 5.92 Å². The molecule has 0 atom stereocenters. The molecule has 0 spiro atoms. The highest BCUT2D eigenvalue weighted by atomic mass is 16.4. The first-order valence-corrected chi connectivity index (χ1v) is 5.32. The molecule has 2 nitrogen and oxygen atoms in total. The predicted molar refractivity (Wildman–Crippen MR) is 52.9 cm³/mol. The van der Waals surface area contributed by atoms with E-state index >= 15 is 0 Å². The first kappa shape index (κ1) is 12.5. The molecule has 1 radical (unpaired) electrons. The van der Waals surface area contributed by atoms with E-state index in [1.54, 1.807) is 0 Å². The van der Waals surface area contributed by atoms with Crippen LogP contribution >= 0.6 is 0 Å². The Labute approximate surface area is 81.3 Å². The molecule has 0 saturated heterocycles. The van der Waals surface area contributed by atoms with Gasteiger partial charge in [0.05, 0.1) is 6.42 Å². The minimum absolute atomic E-state index is 0.226. The van der Waals surface area contributed by atoms with Crippen molar-refractivity contribution >= 4 is 5.97 Å². The lowest BCUT2D eigenvalue weighted by molar-refractivity contribution is -0.143. The van der Waals surface area contributed by atoms with Crippen LogP contribution < -0.4 is 0 Å². The first-order chi connectivity index (χ1) is 6.13. The number of carbonyl (C=O) groups excluding carboxylic acids is 1. The van der Waals surface area contributed by atoms with Crippen molar-refractivity contribution in [3.8, 4) is 0 Å². The number of unbranched alkanes of at least 4 members (excludes halogenated alkanes) is 4. The van der Waals surface area contributed by atoms with Gasteiger partial charge in [0.1, 0.15) is 0 Å². The zero-order valence-electron chi connectivity index (χ0n) is 8.84. The van der Waals surface area contributed by atoms with Gasteiger partial charge < -0.3 is 0 Å². The molecule has 0 aliphatic carbocycles. The van der Waals surface area contributed by atoms with E-state index in [4.69, 9.17) is 0 Å². The van der Waals surface area contributed by atoms with Crippen LogP contribution in [0.2, 0.25) is 0 Å². The minimum Gasteiger partial charge on any atom is -0.247 e. The van der Waals surface area contributed by atoms with Crippen LogP contribution in [-0.4, -0.2) is 5.97 Å². The van der Waals surface area contributed by atoms with Crippen LogP contribution in [0.1, 0.15) is 58.8 Å². The van der Waals surface area contributed by atoms with Gasteiger partial charge in [-0.05, 0) is 12.3 Å². The minimum atomic E-state index is -0.915. The maximum absolute atomic E-state index is 10.1. The van der Waals surface area contributed by atoms with Gasteiger partial charge in [0, 0.05) is 0 Å². The smallest absolute Gasteiger partial charge is 0.247 e. The fourth-order valence-corrected chi connectivity index (χ4v) is 1.35. The van der Waals surface area contributed by atoms with Crippen LogP contribution in [0.25, 0.3) is 0 Å². The van der Waals surface area contributed by atoms with E-state index in [1.807, 2.05) is 0 Å². The zero-order chi connectivity index (χ0) is 10.1. The second-order valence-electron chi connectivity index (χ2n) is 4.07. The van der Waals surface area contributed by atoms with Crippen molar-refractivity contribution in [2.75, 3.05) is 0 Å². The summed E-state index contributed by atoms with van der Waals surface area (Å²) in [6, 6.07) is 0. The third-order valence-corrected chi connectivity index (χ3v) is 2.16. The van der Waals surface area contributed by atoms with E-state index in [0.29, 0.717) is 0 Å². The molecule has 0 bridgehead atoms. The molecule has 2 heteroatoms. The molecule has 0 saturated carbocycles. The van der Waals surface area contributed by atoms with Gasteiger partial charge in [-0.3, -0.25) is 0 Å². The number of hydrogen-bond donors (Lipinski definition) is 0. The SMILES string of the molecule is CC(C)CCCCCCCC([O])=O. The van der Waals surface area contributed by atoms with E-state index in [2.05, 4.69) is 13.8 Å². The highest BCUT2D eigenvalue weighted by molar-refractivity contribution is 5.66. The lowest BCUT2D eigenvalue weighted by atomic mass is 10.0. The van der Waals surface area contributed by atoms with Gasteiger partial charge in [0.15, 0.2) is 0 Å². The highest BCUT2D eigenvalue weighted by Crippen LogP contribution is 2.11. The van der Waals surface area contributed by atoms with Crippen LogP contribution in [0.3, 0.4) is 0 Å². The summed E-state index contributed by atoms with van der Waals surface area (Å²) in [5, 5.41) is 10.1. The molecule has 0 heterocycles. The fraction of sp³-hybridized carbons (Fsp3) is 0.909. The summed E-state index contributed by atoms with van der Waals surface area (Å²) in [6.07, 6.45) is 7.02. The maximum atomic E-state index is 10.1. The summed E-state index contributed by atoms with van der Waals surface area (Å²) in [5.74, 6) is -0.120. The molecule has 0 aliphatic heterocycles. The van der Waals surface area contributed by atoms with Gasteiger partial charge in [-0.1, -0.05) is 46.0 Å². The van der Waals surface area contributed by atoms with Crippen LogP contribution in [0.15, 0.2) is 0 Å². The van der Waals surface area contributed by atoms with Crippen LogP contribution in [-0.2, 0) is 9.90 Å². The monoisotopic (exact) mass is 185 g/mol. The predicted octanol–water partition coefficient (Wildman–Crippen LogP) is 3.33. The van der Waals surface area contributed by atoms with Gasteiger partial charge >= 0.3 is 5.97 Å². The maximum Gasteiger partial charge on any atom is 0.355 e. The molecule has 0 aromatic rings. The first-order valence-electron chi connectivity index (χ1n) is 5.32. The van der Waals surface area contributed by atoms with Crippen LogP contribution in [0.4, 0.5) is 0 Å². The Morgan fingerprint density at radius 1 is 1.00 bits per heavy atom. The molecule has 0 unspecified atom stereocenters. The number of hydrogen-bond acceptors (Lipinski definition) is 1. The van der Waals surface area contributed by atoms with Gasteiger partial charge in [-0.15, -0.1) is 0 Å². The van der Waals surface area contributed by atoms with E-state index in [-0.39, 0.29) is 6.42 Å². The van der Waals surface area contributed by atoms with Crippen molar-refractivity contribution in [2.45, 2.75) is 58.8 Å². The number of carbonyl (C=O) groups is 1. The molecule has 77 valence electrons. The second-order valence-corrected chi connectivity index (χ2v) is 4.07. The largest absolute Gasteiger partial charge is 0.355 e. The average Bonchev–Trinajstić information content (AvgIpc) is 2.01. The Morgan fingerprint density at radius 2 is 1.54 bits per heavy atom. The van der Waals surface area contributed by atoms with E-state index in [9.17, 15) is 9.90 Å². The Hall–Kier alpha value is -0.530. The molecular formula is C11H21O2. The van der Waals surface area contributed by atoms with Crippen molar-refractivity contribution in [2.24, 2.45) is 5.92 Å². The lowest BCUT2D eigenvalue weighted by Gasteiger charge is -2.03. The molecule has 0 N–H and O–H groups in total. The Balaban J connectivity index is 2.96. The topological polar surface area (TPSA) is 37.0 Å². The van der Waals surface area contributed by atoms with E-state index in [1.165, 1.54) is 25.7 Å². The van der Waals surface area contributed by atoms with Crippen LogP contribution in [0.5, 0.6) is 0 Å². The average molecular weight is 185 g/mol. The Bertz CT molecular complexity index is 130. The van der Waals surface area contributed by atoms with Crippen molar-refractivity contribution in [1.29, 1.82) is 0 Å². The molecule has 0 aliphatic rings. The molecule has 0 amide bonds. The van der Waals surface area contributed by atoms with Gasteiger partial charge in [-0.2, -0.15) is 0 Å². The molecule has 0 rings (SSSR count). The summed E-state index contributed by atoms with van der Waals surface area (Å²) in [7, 11) is 0. The molecule has 0 aromatic carbocycles. The molecule has 0 aromatic heterocycles. The summed E-state index contributed by atoms with van der Waals surface area (Å²) >= 11 is 0. The lowest BCUT2D eigenvalue weighted by Crippen LogP contribution is -1.92. The zero-order valence-corrected chi connectivity index (χ0v) is 8.84. The summed E-state index contributed by atoms with van der Waals surface area (Å²) in [5.41, 5.74) is 0. The third kappa shape index (κ3) is 11.5. The third-order valence-electron chi connectivity index (χ3n) is 2.16. The van der Waals surface area contributed by atoms with E-state index in [0.717, 1.165) is 18.8 Å². The molecular weight excluding hydrogens is 164 g/mol. The summed E-state index contributed by atoms with van der Waals surface area (Å²) in [6.45, 7) is 4.46. The highest BCUT2D eigenvalue weighted by Gasteiger charge is 1.98. The standard InChI is InChI=1S/C11H21O2/c1-10(2)8-6-4-3-5-7-9-11(12)13/h10H,3-9H2,1-2H3. The Kier molecular flexibility index (Phi) is 7.76. The second kappa shape index (κ2) is 8.09. The van der Waals surface area contributed by atoms with Gasteiger partial charge in [-0.25, -0.2) is 9.90 Å². The van der Waals surface area contributed by atoms with Crippen molar-refractivity contribution in [3.63, 3.8) is 0 Å². The normalized spacial score (nSPS) is 10.7. The molecule has 13 heavy (non-hydrogen) atoms.